The Morgan fingerprint density at radius 3 is 2.24 bits per heavy atom. The van der Waals surface area contributed by atoms with Crippen LogP contribution in [0.4, 0.5) is 0 Å². The molecule has 0 aliphatic rings. The Balaban J connectivity index is 2.16. The topological polar surface area (TPSA) is 17.1 Å². The Bertz CT molecular complexity index is 481. The van der Waals surface area contributed by atoms with Crippen LogP contribution in [0.15, 0.2) is 59.5 Å². The van der Waals surface area contributed by atoms with Crippen molar-refractivity contribution in [1.29, 1.82) is 0 Å². The van der Waals surface area contributed by atoms with Gasteiger partial charge in [-0.2, -0.15) is 0 Å². The lowest BCUT2D eigenvalue weighted by atomic mass is 10.2. The van der Waals surface area contributed by atoms with Crippen molar-refractivity contribution < 1.29 is 4.79 Å². The van der Waals surface area contributed by atoms with Gasteiger partial charge >= 0.3 is 0 Å². The van der Waals surface area contributed by atoms with Gasteiger partial charge in [-0.3, -0.25) is 0 Å². The Hall–Kier alpha value is -1.25. The summed E-state index contributed by atoms with van der Waals surface area (Å²) in [4.78, 5) is 12.2. The highest BCUT2D eigenvalue weighted by molar-refractivity contribution is 8.00. The number of aldehydes is 1. The predicted molar refractivity (Wildman–Crippen MR) is 72.6 cm³/mol. The lowest BCUT2D eigenvalue weighted by Gasteiger charge is -2.10. The molecule has 1 unspecified atom stereocenters. The van der Waals surface area contributed by atoms with Gasteiger partial charge in [-0.1, -0.05) is 41.9 Å². The minimum atomic E-state index is -0.169. The van der Waals surface area contributed by atoms with Crippen molar-refractivity contribution in [1.82, 2.24) is 0 Å². The van der Waals surface area contributed by atoms with Crippen LogP contribution >= 0.6 is 23.4 Å². The summed E-state index contributed by atoms with van der Waals surface area (Å²) < 4.78 is 0. The fraction of sp³-hybridized carbons (Fsp3) is 0.0714. The normalized spacial score (nSPS) is 12.1. The Kier molecular flexibility index (Phi) is 4.24. The van der Waals surface area contributed by atoms with Crippen LogP contribution in [0.3, 0.4) is 0 Å². The highest BCUT2D eigenvalue weighted by Gasteiger charge is 2.11. The summed E-state index contributed by atoms with van der Waals surface area (Å²) in [6.45, 7) is 0. The van der Waals surface area contributed by atoms with E-state index < -0.39 is 0 Å². The summed E-state index contributed by atoms with van der Waals surface area (Å²) >= 11 is 7.34. The summed E-state index contributed by atoms with van der Waals surface area (Å²) in [5.74, 6) is 0. The molecule has 0 aromatic heterocycles. The van der Waals surface area contributed by atoms with Crippen molar-refractivity contribution in [3.05, 3.63) is 65.2 Å². The van der Waals surface area contributed by atoms with E-state index in [2.05, 4.69) is 0 Å². The van der Waals surface area contributed by atoms with E-state index >= 15 is 0 Å². The second-order valence-electron chi connectivity index (χ2n) is 3.54. The minimum Gasteiger partial charge on any atom is -0.302 e. The minimum absolute atomic E-state index is 0.169. The quantitative estimate of drug-likeness (QED) is 0.601. The molecule has 0 saturated carbocycles. The summed E-state index contributed by atoms with van der Waals surface area (Å²) in [5.41, 5.74) is 1.02. The molecule has 0 radical (unpaired) electrons. The van der Waals surface area contributed by atoms with Gasteiger partial charge in [0.05, 0.1) is 5.25 Å². The molecule has 2 aromatic rings. The fourth-order valence-corrected chi connectivity index (χ4v) is 2.54. The third-order valence-electron chi connectivity index (χ3n) is 2.33. The predicted octanol–water partition coefficient (Wildman–Crippen LogP) is 4.37. The first-order valence-electron chi connectivity index (χ1n) is 5.22. The average Bonchev–Trinajstić information content (AvgIpc) is 2.39. The van der Waals surface area contributed by atoms with E-state index in [-0.39, 0.29) is 5.25 Å². The van der Waals surface area contributed by atoms with Crippen LogP contribution in [-0.2, 0) is 4.79 Å². The van der Waals surface area contributed by atoms with Gasteiger partial charge < -0.3 is 4.79 Å². The van der Waals surface area contributed by atoms with Gasteiger partial charge in [0.25, 0.3) is 0 Å². The molecule has 17 heavy (non-hydrogen) atoms. The maximum Gasteiger partial charge on any atom is 0.137 e. The lowest BCUT2D eigenvalue weighted by molar-refractivity contribution is -0.107. The van der Waals surface area contributed by atoms with Crippen molar-refractivity contribution in [2.45, 2.75) is 10.1 Å². The number of halogens is 1. The van der Waals surface area contributed by atoms with Crippen LogP contribution in [0.5, 0.6) is 0 Å². The SMILES string of the molecule is O=CC(Sc1ccc(Cl)cc1)c1ccccc1. The molecule has 3 heteroatoms. The van der Waals surface area contributed by atoms with Gasteiger partial charge in [0.2, 0.25) is 0 Å². The first-order chi connectivity index (χ1) is 8.29. The Labute approximate surface area is 110 Å². The van der Waals surface area contributed by atoms with E-state index in [4.69, 9.17) is 11.6 Å². The molecule has 0 N–H and O–H groups in total. The van der Waals surface area contributed by atoms with Gasteiger partial charge in [0.15, 0.2) is 0 Å². The number of thioether (sulfide) groups is 1. The smallest absolute Gasteiger partial charge is 0.137 e. The zero-order valence-corrected chi connectivity index (χ0v) is 10.6. The van der Waals surface area contributed by atoms with Crippen molar-refractivity contribution in [2.75, 3.05) is 0 Å². The molecule has 0 spiro atoms. The molecule has 1 nitrogen and oxygen atoms in total. The second kappa shape index (κ2) is 5.89. The highest BCUT2D eigenvalue weighted by Crippen LogP contribution is 2.33. The van der Waals surface area contributed by atoms with Crippen LogP contribution < -0.4 is 0 Å². The standard InChI is InChI=1S/C14H11ClOS/c15-12-6-8-13(9-7-12)17-14(10-16)11-4-2-1-3-5-11/h1-10,14H. The summed E-state index contributed by atoms with van der Waals surface area (Å²) in [6.07, 6.45) is 0.967. The van der Waals surface area contributed by atoms with E-state index in [0.717, 1.165) is 16.7 Å². The van der Waals surface area contributed by atoms with E-state index in [1.807, 2.05) is 54.6 Å². The van der Waals surface area contributed by atoms with Crippen LogP contribution in [0, 0.1) is 0 Å². The third-order valence-corrected chi connectivity index (χ3v) is 3.76. The van der Waals surface area contributed by atoms with Gasteiger partial charge in [-0.25, -0.2) is 0 Å². The molecule has 0 aliphatic carbocycles. The van der Waals surface area contributed by atoms with Crippen LogP contribution in [0.1, 0.15) is 10.8 Å². The van der Waals surface area contributed by atoms with E-state index in [0.29, 0.717) is 5.02 Å². The molecule has 0 amide bonds. The maximum atomic E-state index is 11.1. The van der Waals surface area contributed by atoms with Crippen molar-refractivity contribution >= 4 is 29.6 Å². The summed E-state index contributed by atoms with van der Waals surface area (Å²) in [6, 6.07) is 17.2. The summed E-state index contributed by atoms with van der Waals surface area (Å²) in [7, 11) is 0. The monoisotopic (exact) mass is 262 g/mol. The fourth-order valence-electron chi connectivity index (χ4n) is 1.48. The van der Waals surface area contributed by atoms with E-state index in [1.54, 1.807) is 0 Å². The molecule has 2 rings (SSSR count). The number of benzene rings is 2. The third kappa shape index (κ3) is 3.35. The molecule has 0 bridgehead atoms. The zero-order valence-electron chi connectivity index (χ0n) is 9.05. The molecule has 1 atom stereocenters. The molecule has 0 heterocycles. The molecule has 0 fully saturated rings. The van der Waals surface area contributed by atoms with E-state index in [9.17, 15) is 4.79 Å². The van der Waals surface area contributed by atoms with Crippen molar-refractivity contribution in [2.24, 2.45) is 0 Å². The van der Waals surface area contributed by atoms with Crippen LogP contribution in [-0.4, -0.2) is 6.29 Å². The highest BCUT2D eigenvalue weighted by atomic mass is 35.5. The molecular formula is C14H11ClOS. The number of carbonyl (C=O) groups is 1. The molecular weight excluding hydrogens is 252 g/mol. The van der Waals surface area contributed by atoms with Gasteiger partial charge in [-0.05, 0) is 29.8 Å². The van der Waals surface area contributed by atoms with Crippen molar-refractivity contribution in [3.8, 4) is 0 Å². The Morgan fingerprint density at radius 1 is 1.00 bits per heavy atom. The molecule has 0 saturated heterocycles. The lowest BCUT2D eigenvalue weighted by Crippen LogP contribution is -1.94. The van der Waals surface area contributed by atoms with Crippen LogP contribution in [0.2, 0.25) is 5.02 Å². The van der Waals surface area contributed by atoms with Gasteiger partial charge in [-0.15, -0.1) is 11.8 Å². The largest absolute Gasteiger partial charge is 0.302 e. The van der Waals surface area contributed by atoms with Gasteiger partial charge in [0.1, 0.15) is 6.29 Å². The number of rotatable bonds is 4. The molecule has 86 valence electrons. The molecule has 2 aromatic carbocycles. The summed E-state index contributed by atoms with van der Waals surface area (Å²) in [5, 5.41) is 0.536. The number of hydrogen-bond donors (Lipinski definition) is 0. The Morgan fingerprint density at radius 2 is 1.65 bits per heavy atom. The average molecular weight is 263 g/mol. The van der Waals surface area contributed by atoms with E-state index in [1.165, 1.54) is 11.8 Å². The first-order valence-corrected chi connectivity index (χ1v) is 6.48. The maximum absolute atomic E-state index is 11.1. The second-order valence-corrected chi connectivity index (χ2v) is 5.19. The van der Waals surface area contributed by atoms with Gasteiger partial charge in [0, 0.05) is 9.92 Å². The zero-order chi connectivity index (χ0) is 12.1. The number of hydrogen-bond acceptors (Lipinski definition) is 2. The molecule has 0 aliphatic heterocycles. The number of carbonyl (C=O) groups excluding carboxylic acids is 1. The van der Waals surface area contributed by atoms with Crippen molar-refractivity contribution in [3.63, 3.8) is 0 Å². The first kappa shape index (κ1) is 12.2. The van der Waals surface area contributed by atoms with Crippen LogP contribution in [0.25, 0.3) is 0 Å².